The molecule has 20 unspecified atom stereocenters. The minimum Gasteiger partial charge on any atom is -0.480 e. The van der Waals surface area contributed by atoms with Gasteiger partial charge in [-0.25, -0.2) is 4.79 Å². The lowest BCUT2D eigenvalue weighted by Gasteiger charge is -2.30. The van der Waals surface area contributed by atoms with Gasteiger partial charge in [-0.1, -0.05) is 13.8 Å². The Hall–Kier alpha value is -12.9. The van der Waals surface area contributed by atoms with Crippen LogP contribution >= 0.6 is 0 Å². The molecular formula is C85H155N31O26. The fourth-order valence-corrected chi connectivity index (χ4v) is 14.1. The van der Waals surface area contributed by atoms with Crippen molar-refractivity contribution >= 4 is 136 Å². The molecule has 1 rings (SSSR count). The Morgan fingerprint density at radius 1 is 0.345 bits per heavy atom. The van der Waals surface area contributed by atoms with Gasteiger partial charge in [-0.15, -0.1) is 0 Å². The molecule has 57 nitrogen and oxygen atoms in total. The van der Waals surface area contributed by atoms with Crippen LogP contribution in [0.2, 0.25) is 0 Å². The molecule has 806 valence electrons. The van der Waals surface area contributed by atoms with Crippen molar-refractivity contribution in [2.75, 3.05) is 65.5 Å². The fourth-order valence-electron chi connectivity index (χ4n) is 14.1. The number of carbonyl (C=O) groups is 21. The molecule has 0 aromatic carbocycles. The maximum atomic E-state index is 14.6. The Balaban J connectivity index is 3.40. The number of carbonyl (C=O) groups excluding carboxylic acids is 20. The zero-order valence-corrected chi connectivity index (χ0v) is 81.9. The molecule has 1 aliphatic rings. The van der Waals surface area contributed by atoms with Gasteiger partial charge in [-0.2, -0.15) is 0 Å². The van der Waals surface area contributed by atoms with Crippen molar-refractivity contribution in [3.63, 3.8) is 0 Å². The van der Waals surface area contributed by atoms with Crippen LogP contribution in [-0.2, 0) is 101 Å². The summed E-state index contributed by atoms with van der Waals surface area (Å²) in [4.78, 5) is 286. The van der Waals surface area contributed by atoms with E-state index in [-0.39, 0.29) is 154 Å². The van der Waals surface area contributed by atoms with Gasteiger partial charge in [0.05, 0.1) is 44.1 Å². The highest BCUT2D eigenvalue weighted by molar-refractivity contribution is 6.02. The van der Waals surface area contributed by atoms with Gasteiger partial charge in [0.1, 0.15) is 96.7 Å². The predicted molar refractivity (Wildman–Crippen MR) is 511 cm³/mol. The van der Waals surface area contributed by atoms with Gasteiger partial charge in [0.15, 0.2) is 11.9 Å². The summed E-state index contributed by atoms with van der Waals surface area (Å²) < 4.78 is 0. The SMILES string of the molecule is CC(C)CC(NC(=O)C(CCC(N)=O)NC(=O)C(CCCCN)NC(=O)C(CCCNC(=N)N)NC(=O)C1CCCN1C(=O)C(C)NC(=O)C(CCCCN)NC(=O)CNC(=O)CNC(=O)C(NC(=O)C(CO)NC(=O)C(CCCCN)NC(=O)C(CCCNC(=N)N)NC(=O)C(C)NC(=O)C(NC(=O)C(N)CCC(N)=O)C(C)O)C(C)O)C(=O)NC(C)C(=O)NC(C(=O)NC(CCCCN)C(=O)O)C(C)O. The second kappa shape index (κ2) is 68.2. The van der Waals surface area contributed by atoms with E-state index >= 15 is 0 Å². The van der Waals surface area contributed by atoms with Gasteiger partial charge in [-0.3, -0.25) is 107 Å². The number of aliphatic hydroxyl groups excluding tert-OH is 4. The van der Waals surface area contributed by atoms with E-state index in [1.165, 1.54) is 20.8 Å². The molecule has 44 N–H and O–H groups in total. The van der Waals surface area contributed by atoms with Crippen LogP contribution in [0.5, 0.6) is 0 Å². The largest absolute Gasteiger partial charge is 0.480 e. The first-order valence-electron chi connectivity index (χ1n) is 47.4. The van der Waals surface area contributed by atoms with Gasteiger partial charge in [0, 0.05) is 32.5 Å². The Morgan fingerprint density at radius 3 is 1.11 bits per heavy atom. The minimum atomic E-state index is -1.91. The zero-order chi connectivity index (χ0) is 108. The van der Waals surface area contributed by atoms with Crippen molar-refractivity contribution in [3.05, 3.63) is 0 Å². The molecule has 0 bridgehead atoms. The second-order valence-electron chi connectivity index (χ2n) is 35.0. The topological polar surface area (TPSA) is 973 Å². The summed E-state index contributed by atoms with van der Waals surface area (Å²) >= 11 is 0. The van der Waals surface area contributed by atoms with Gasteiger partial charge in [0.25, 0.3) is 0 Å². The lowest BCUT2D eigenvalue weighted by molar-refractivity contribution is -0.143. The number of rotatable bonds is 72. The van der Waals surface area contributed by atoms with Crippen LogP contribution in [0.15, 0.2) is 0 Å². The van der Waals surface area contributed by atoms with Crippen molar-refractivity contribution in [1.29, 1.82) is 10.8 Å². The van der Waals surface area contributed by atoms with Crippen molar-refractivity contribution in [1.82, 2.24) is 106 Å². The highest BCUT2D eigenvalue weighted by Gasteiger charge is 2.42. The molecule has 1 saturated heterocycles. The van der Waals surface area contributed by atoms with E-state index in [9.17, 15) is 126 Å². The number of carboxylic acids is 1. The molecule has 0 radical (unpaired) electrons. The number of hydrogen-bond donors (Lipinski definition) is 35. The third-order valence-corrected chi connectivity index (χ3v) is 22.2. The maximum Gasteiger partial charge on any atom is 0.326 e. The van der Waals surface area contributed by atoms with E-state index in [1.807, 2.05) is 0 Å². The first-order valence-corrected chi connectivity index (χ1v) is 47.4. The van der Waals surface area contributed by atoms with Crippen LogP contribution in [-0.4, -0.2) is 353 Å². The summed E-state index contributed by atoms with van der Waals surface area (Å²) in [6.07, 6.45) is -4.45. The third-order valence-electron chi connectivity index (χ3n) is 22.2. The predicted octanol–water partition coefficient (Wildman–Crippen LogP) is -14.3. The highest BCUT2D eigenvalue weighted by Crippen LogP contribution is 2.21. The molecule has 20 atom stereocenters. The number of carboxylic acid groups (broad SMARTS) is 1. The Kier molecular flexibility index (Phi) is 61.1. The number of nitrogens with one attached hydrogen (secondary N) is 21. The van der Waals surface area contributed by atoms with Crippen LogP contribution in [0, 0.1) is 16.7 Å². The van der Waals surface area contributed by atoms with Crippen LogP contribution in [0.25, 0.3) is 0 Å². The van der Waals surface area contributed by atoms with Crippen molar-refractivity contribution in [2.24, 2.45) is 57.5 Å². The molecule has 0 spiro atoms. The van der Waals surface area contributed by atoms with Crippen LogP contribution in [0.3, 0.4) is 0 Å². The van der Waals surface area contributed by atoms with E-state index < -0.39 is 290 Å². The molecule has 1 aliphatic heterocycles. The Morgan fingerprint density at radius 2 is 0.676 bits per heavy atom. The average molecular weight is 2030 g/mol. The second-order valence-corrected chi connectivity index (χ2v) is 35.0. The highest BCUT2D eigenvalue weighted by atomic mass is 16.4. The standard InChI is InChI=1S/C85H155N31O26/c1-42(2)38-57(76(134)101-44(4)68(126)113-66(48(8)120)81(139)110-56(83(141)142)23-12-16-34-89)111-75(133)55(28-30-61(92)122)108-71(129)51(21-10-14-32-87)106-73(131)54(25-18-36-98-85(95)96)109-78(136)59-26-19-37-116(59)82(140)45(5)103-70(128)50(20-9-13-31-86)104-63(124)40-99-62(123)39-100-79(137)64(46(6)118)115-77(135)58(41-117)112-74(132)52(22-11-15-33-88)107-72(130)53(24-17-35-97-84(93)94)105-67(125)43(3)102-80(138)65(47(7)119)114-69(127)49(90)27-29-60(91)121/h42-59,64-66,117-120H,9-41,86-90H2,1-8H3,(H2,91,121)(H2,92,122)(H,99,123)(H,100,137)(H,101,134)(H,102,138)(H,103,128)(H,104,124)(H,105,125)(H,106,131)(H,107,130)(H,108,129)(H,109,136)(H,110,139)(H,111,133)(H,112,132)(H,113,126)(H,114,127)(H,115,135)(H,141,142)(H4,93,94,97)(H4,95,96,98). The summed E-state index contributed by atoms with van der Waals surface area (Å²) in [5, 5.41) is 113. The van der Waals surface area contributed by atoms with E-state index in [4.69, 9.17) is 62.4 Å². The Labute approximate surface area is 822 Å². The van der Waals surface area contributed by atoms with Crippen LogP contribution in [0.4, 0.5) is 0 Å². The molecule has 20 amide bonds. The molecule has 1 heterocycles. The van der Waals surface area contributed by atoms with Gasteiger partial charge in [-0.05, 0) is 208 Å². The molecule has 1 fully saturated rings. The van der Waals surface area contributed by atoms with E-state index in [1.54, 1.807) is 13.8 Å². The molecule has 0 aliphatic carbocycles. The summed E-state index contributed by atoms with van der Waals surface area (Å²) in [7, 11) is 0. The van der Waals surface area contributed by atoms with Gasteiger partial charge >= 0.3 is 5.97 Å². The lowest BCUT2D eigenvalue weighted by Crippen LogP contribution is -2.61. The molecule has 57 heteroatoms. The summed E-state index contributed by atoms with van der Waals surface area (Å²) in [5.41, 5.74) is 50.2. The molecule has 0 saturated carbocycles. The van der Waals surface area contributed by atoms with Gasteiger partial charge < -0.3 is 183 Å². The number of unbranched alkanes of at least 4 members (excludes halogenated alkanes) is 4. The van der Waals surface area contributed by atoms with E-state index in [2.05, 4.69) is 101 Å². The zero-order valence-electron chi connectivity index (χ0n) is 81.9. The normalized spacial score (nSPS) is 16.2. The molecule has 0 aromatic rings. The number of aliphatic hydroxyl groups is 4. The fraction of sp³-hybridized carbons (Fsp3) is 0.729. The minimum absolute atomic E-state index is 0.00198. The number of hydrogen-bond acceptors (Lipinski definition) is 32. The quantitative estimate of drug-likeness (QED) is 0.0153. The third kappa shape index (κ3) is 49.9. The smallest absolute Gasteiger partial charge is 0.326 e. The lowest BCUT2D eigenvalue weighted by atomic mass is 10.0. The van der Waals surface area contributed by atoms with Crippen molar-refractivity contribution < 1.29 is 126 Å². The van der Waals surface area contributed by atoms with Crippen LogP contribution < -0.4 is 153 Å². The van der Waals surface area contributed by atoms with E-state index in [0.29, 0.717) is 32.1 Å². The number of guanidine groups is 2. The summed E-state index contributed by atoms with van der Waals surface area (Å²) in [6.45, 7) is 8.20. The average Bonchev–Trinajstić information content (AvgIpc) is 1.67. The molecule has 0 aromatic heterocycles. The Bertz CT molecular complexity index is 4190. The van der Waals surface area contributed by atoms with E-state index in [0.717, 1.165) is 25.7 Å². The van der Waals surface area contributed by atoms with Crippen molar-refractivity contribution in [3.8, 4) is 0 Å². The van der Waals surface area contributed by atoms with Gasteiger partial charge in [0.2, 0.25) is 118 Å². The number of amides is 20. The number of likely N-dealkylation sites (tertiary alicyclic amines) is 1. The molecule has 142 heavy (non-hydrogen) atoms. The molecular weight excluding hydrogens is 1870 g/mol. The first-order chi connectivity index (χ1) is 66.8. The van der Waals surface area contributed by atoms with Crippen molar-refractivity contribution in [2.45, 2.75) is 324 Å². The number of nitrogens with zero attached hydrogens (tertiary/aromatic N) is 1. The van der Waals surface area contributed by atoms with Crippen LogP contribution in [0.1, 0.15) is 203 Å². The number of nitrogens with two attached hydrogens (primary N) is 9. The number of aliphatic carboxylic acids is 1. The summed E-state index contributed by atoms with van der Waals surface area (Å²) in [6, 6.07) is -26.1. The maximum absolute atomic E-state index is 14.6. The summed E-state index contributed by atoms with van der Waals surface area (Å²) in [5.74, 6) is -22.4. The first kappa shape index (κ1) is 127. The monoisotopic (exact) mass is 2030 g/mol. The number of primary amides is 2.